The summed E-state index contributed by atoms with van der Waals surface area (Å²) in [4.78, 5) is 18.6. The van der Waals surface area contributed by atoms with Gasteiger partial charge in [0, 0.05) is 49.1 Å². The molecule has 1 fully saturated rings. The number of piperidine rings is 1. The molecule has 174 valence electrons. The van der Waals surface area contributed by atoms with Gasteiger partial charge in [0.2, 0.25) is 0 Å². The van der Waals surface area contributed by atoms with Crippen molar-refractivity contribution in [1.29, 1.82) is 5.26 Å². The van der Waals surface area contributed by atoms with Crippen LogP contribution in [-0.4, -0.2) is 51.8 Å². The van der Waals surface area contributed by atoms with Gasteiger partial charge in [-0.2, -0.15) is 5.26 Å². The molecule has 0 radical (unpaired) electrons. The van der Waals surface area contributed by atoms with Gasteiger partial charge in [-0.15, -0.1) is 0 Å². The summed E-state index contributed by atoms with van der Waals surface area (Å²) < 4.78 is 12.3. The molecule has 34 heavy (non-hydrogen) atoms. The molecule has 0 spiro atoms. The SMILES string of the molecule is COc1cc(-n2cnc(CN3CC[C@@H](O)[C@H](c4ccc5c(c4N)COC5=O)C3)c2)ccc1C#N. The van der Waals surface area contributed by atoms with Gasteiger partial charge in [0.05, 0.1) is 42.0 Å². The average Bonchev–Trinajstić information content (AvgIpc) is 3.47. The number of ether oxygens (including phenoxy) is 2. The molecule has 0 bridgehead atoms. The summed E-state index contributed by atoms with van der Waals surface area (Å²) in [5.74, 6) is -0.00342. The van der Waals surface area contributed by atoms with Crippen molar-refractivity contribution in [3.8, 4) is 17.5 Å². The summed E-state index contributed by atoms with van der Waals surface area (Å²) in [5.41, 5.74) is 11.2. The van der Waals surface area contributed by atoms with E-state index in [1.54, 1.807) is 25.6 Å². The van der Waals surface area contributed by atoms with E-state index in [0.29, 0.717) is 47.6 Å². The zero-order valence-electron chi connectivity index (χ0n) is 18.8. The minimum Gasteiger partial charge on any atom is -0.495 e. The van der Waals surface area contributed by atoms with E-state index >= 15 is 0 Å². The van der Waals surface area contributed by atoms with Crippen molar-refractivity contribution < 1.29 is 19.4 Å². The van der Waals surface area contributed by atoms with Crippen molar-refractivity contribution >= 4 is 11.7 Å². The van der Waals surface area contributed by atoms with Gasteiger partial charge in [-0.1, -0.05) is 6.07 Å². The highest BCUT2D eigenvalue weighted by atomic mass is 16.5. The normalized spacial score (nSPS) is 20.0. The Morgan fingerprint density at radius 2 is 2.21 bits per heavy atom. The van der Waals surface area contributed by atoms with E-state index < -0.39 is 6.10 Å². The number of aliphatic hydroxyl groups excluding tert-OH is 1. The fraction of sp³-hybridized carbons (Fsp3) is 0.320. The number of hydrogen-bond donors (Lipinski definition) is 2. The Morgan fingerprint density at radius 3 is 3.00 bits per heavy atom. The lowest BCUT2D eigenvalue weighted by Gasteiger charge is -2.36. The smallest absolute Gasteiger partial charge is 0.338 e. The van der Waals surface area contributed by atoms with Crippen LogP contribution in [0.3, 0.4) is 0 Å². The number of rotatable bonds is 5. The molecular weight excluding hydrogens is 434 g/mol. The zero-order chi connectivity index (χ0) is 23.8. The second kappa shape index (κ2) is 8.82. The number of nitriles is 1. The predicted molar refractivity (Wildman–Crippen MR) is 123 cm³/mol. The largest absolute Gasteiger partial charge is 0.495 e. The number of imidazole rings is 1. The molecule has 2 aromatic carbocycles. The van der Waals surface area contributed by atoms with Crippen LogP contribution in [0.2, 0.25) is 0 Å². The van der Waals surface area contributed by atoms with E-state index in [1.165, 1.54) is 0 Å². The number of fused-ring (bicyclic) bond motifs is 1. The van der Waals surface area contributed by atoms with Crippen LogP contribution in [0.1, 0.15) is 45.1 Å². The molecule has 3 N–H and O–H groups in total. The Hall–Kier alpha value is -3.87. The number of carbonyl (C=O) groups excluding carboxylic acids is 1. The second-order valence-corrected chi connectivity index (χ2v) is 8.64. The van der Waals surface area contributed by atoms with E-state index in [2.05, 4.69) is 16.0 Å². The molecule has 3 heterocycles. The van der Waals surface area contributed by atoms with Crippen molar-refractivity contribution in [2.75, 3.05) is 25.9 Å². The highest BCUT2D eigenvalue weighted by Crippen LogP contribution is 2.36. The van der Waals surface area contributed by atoms with Gasteiger partial charge in [0.15, 0.2) is 0 Å². The summed E-state index contributed by atoms with van der Waals surface area (Å²) in [5, 5.41) is 19.9. The van der Waals surface area contributed by atoms with Gasteiger partial charge in [0.1, 0.15) is 18.4 Å². The van der Waals surface area contributed by atoms with Gasteiger partial charge in [-0.25, -0.2) is 9.78 Å². The predicted octanol–water partition coefficient (Wildman–Crippen LogP) is 2.36. The van der Waals surface area contributed by atoms with Gasteiger partial charge in [-0.3, -0.25) is 4.90 Å². The van der Waals surface area contributed by atoms with E-state index in [-0.39, 0.29) is 18.5 Å². The molecule has 9 nitrogen and oxygen atoms in total. The average molecular weight is 460 g/mol. The first-order chi connectivity index (χ1) is 16.5. The third-order valence-electron chi connectivity index (χ3n) is 6.64. The number of nitrogens with zero attached hydrogens (tertiary/aromatic N) is 4. The third-order valence-corrected chi connectivity index (χ3v) is 6.64. The summed E-state index contributed by atoms with van der Waals surface area (Å²) in [6.07, 6.45) is 3.79. The molecule has 9 heteroatoms. The monoisotopic (exact) mass is 459 g/mol. The Morgan fingerprint density at radius 1 is 1.35 bits per heavy atom. The molecule has 3 aromatic rings. The number of carbonyl (C=O) groups is 1. The lowest BCUT2D eigenvalue weighted by Crippen LogP contribution is -2.41. The van der Waals surface area contributed by atoms with Gasteiger partial charge >= 0.3 is 5.97 Å². The third kappa shape index (κ3) is 3.87. The first kappa shape index (κ1) is 21.9. The van der Waals surface area contributed by atoms with Gasteiger partial charge in [-0.05, 0) is 30.2 Å². The molecule has 2 atom stereocenters. The molecular formula is C25H25N5O4. The van der Waals surface area contributed by atoms with Crippen molar-refractivity contribution in [3.63, 3.8) is 0 Å². The molecule has 0 aliphatic carbocycles. The second-order valence-electron chi connectivity index (χ2n) is 8.64. The number of esters is 1. The van der Waals surface area contributed by atoms with Gasteiger partial charge in [0.25, 0.3) is 0 Å². The van der Waals surface area contributed by atoms with E-state index in [1.807, 2.05) is 29.0 Å². The lowest BCUT2D eigenvalue weighted by atomic mass is 9.85. The number of nitrogens with two attached hydrogens (primary N) is 1. The number of cyclic esters (lactones) is 1. The van der Waals surface area contributed by atoms with Crippen LogP contribution >= 0.6 is 0 Å². The standard InChI is InChI=1S/C25H25N5O4/c1-33-23-8-17(3-2-15(23)9-26)30-11-16(28-14-30)10-29-7-6-22(31)20(12-29)18-4-5-19-21(24(18)27)13-34-25(19)32/h2-5,8,11,14,20,22,31H,6-7,10,12-13,27H2,1H3/t20-,22+/m0/s1. The van der Waals surface area contributed by atoms with E-state index in [4.69, 9.17) is 15.2 Å². The number of likely N-dealkylation sites (tertiary alicyclic amines) is 1. The Balaban J connectivity index is 1.33. The highest BCUT2D eigenvalue weighted by Gasteiger charge is 2.33. The molecule has 1 aromatic heterocycles. The number of nitrogen functional groups attached to an aromatic ring is 1. The van der Waals surface area contributed by atoms with Crippen molar-refractivity contribution in [2.45, 2.75) is 31.6 Å². The molecule has 2 aliphatic heterocycles. The summed E-state index contributed by atoms with van der Waals surface area (Å²) in [6, 6.07) is 11.1. The molecule has 0 saturated carbocycles. The minimum atomic E-state index is -0.515. The topological polar surface area (TPSA) is 127 Å². The minimum absolute atomic E-state index is 0.167. The van der Waals surface area contributed by atoms with Crippen molar-refractivity contribution in [3.05, 3.63) is 70.8 Å². The highest BCUT2D eigenvalue weighted by molar-refractivity contribution is 5.95. The summed E-state index contributed by atoms with van der Waals surface area (Å²) >= 11 is 0. The van der Waals surface area contributed by atoms with E-state index in [9.17, 15) is 15.2 Å². The summed E-state index contributed by atoms with van der Waals surface area (Å²) in [6.45, 7) is 2.16. The van der Waals surface area contributed by atoms with Crippen LogP contribution in [0.5, 0.6) is 5.75 Å². The van der Waals surface area contributed by atoms with Crippen LogP contribution in [0.15, 0.2) is 42.9 Å². The number of methoxy groups -OCH3 is 1. The number of benzene rings is 2. The number of aromatic nitrogens is 2. The van der Waals surface area contributed by atoms with Crippen LogP contribution in [0.25, 0.3) is 5.69 Å². The Kier molecular flexibility index (Phi) is 5.69. The molecule has 0 amide bonds. The Labute approximate surface area is 196 Å². The number of hydrogen-bond acceptors (Lipinski definition) is 8. The lowest BCUT2D eigenvalue weighted by molar-refractivity contribution is 0.0533. The molecule has 2 aliphatic rings. The molecule has 0 unspecified atom stereocenters. The van der Waals surface area contributed by atoms with Crippen LogP contribution in [0, 0.1) is 11.3 Å². The van der Waals surface area contributed by atoms with Crippen LogP contribution < -0.4 is 10.5 Å². The van der Waals surface area contributed by atoms with Crippen LogP contribution in [0.4, 0.5) is 5.69 Å². The quantitative estimate of drug-likeness (QED) is 0.440. The maximum atomic E-state index is 11.8. The van der Waals surface area contributed by atoms with Gasteiger partial charge < -0.3 is 24.9 Å². The fourth-order valence-corrected chi connectivity index (χ4v) is 4.77. The maximum Gasteiger partial charge on any atom is 0.338 e. The summed E-state index contributed by atoms with van der Waals surface area (Å²) in [7, 11) is 1.54. The zero-order valence-corrected chi connectivity index (χ0v) is 18.8. The molecule has 1 saturated heterocycles. The fourth-order valence-electron chi connectivity index (χ4n) is 4.77. The Bertz CT molecular complexity index is 1290. The first-order valence-corrected chi connectivity index (χ1v) is 11.1. The van der Waals surface area contributed by atoms with Crippen molar-refractivity contribution in [2.24, 2.45) is 0 Å². The van der Waals surface area contributed by atoms with Crippen LogP contribution in [-0.2, 0) is 17.9 Å². The number of aliphatic hydroxyl groups is 1. The maximum absolute atomic E-state index is 11.8. The number of anilines is 1. The molecule has 5 rings (SSSR count). The van der Waals surface area contributed by atoms with Crippen molar-refractivity contribution in [1.82, 2.24) is 14.5 Å². The van der Waals surface area contributed by atoms with E-state index in [0.717, 1.165) is 23.5 Å². The first-order valence-electron chi connectivity index (χ1n) is 11.1.